The number of hydrogen-bond acceptors (Lipinski definition) is 7. The van der Waals surface area contributed by atoms with Crippen LogP contribution in [-0.2, 0) is 20.6 Å². The summed E-state index contributed by atoms with van der Waals surface area (Å²) in [5.41, 5.74) is 2.56. The Balaban J connectivity index is 1.23. The van der Waals surface area contributed by atoms with Gasteiger partial charge >= 0.3 is 0 Å². The molecule has 7 nitrogen and oxygen atoms in total. The maximum absolute atomic E-state index is 14.3. The van der Waals surface area contributed by atoms with E-state index >= 15 is 0 Å². The van der Waals surface area contributed by atoms with Crippen molar-refractivity contribution in [2.24, 2.45) is 5.92 Å². The van der Waals surface area contributed by atoms with Gasteiger partial charge in [0, 0.05) is 36.7 Å². The summed E-state index contributed by atoms with van der Waals surface area (Å²) in [7, 11) is -2.23. The first-order valence-electron chi connectivity index (χ1n) is 13.0. The van der Waals surface area contributed by atoms with Gasteiger partial charge < -0.3 is 14.5 Å². The van der Waals surface area contributed by atoms with E-state index in [0.29, 0.717) is 11.0 Å². The van der Waals surface area contributed by atoms with Gasteiger partial charge in [-0.1, -0.05) is 38.2 Å². The molecule has 1 aromatic carbocycles. The number of aromatic nitrogens is 3. The van der Waals surface area contributed by atoms with Gasteiger partial charge in [-0.15, -0.1) is 0 Å². The Kier molecular flexibility index (Phi) is 7.17. The number of thiazole rings is 1. The minimum absolute atomic E-state index is 0.0367. The van der Waals surface area contributed by atoms with Crippen LogP contribution < -0.4 is 5.32 Å². The lowest BCUT2D eigenvalue weighted by atomic mass is 10.1. The molecule has 2 aliphatic carbocycles. The Morgan fingerprint density at radius 1 is 1.13 bits per heavy atom. The zero-order valence-electron chi connectivity index (χ0n) is 22.4. The molecular formula is C27H34F2N4O3SSi. The zero-order valence-corrected chi connectivity index (χ0v) is 24.2. The molecule has 2 saturated carbocycles. The second-order valence-electron chi connectivity index (χ2n) is 11.9. The summed E-state index contributed by atoms with van der Waals surface area (Å²) in [5.74, 6) is -2.22. The molecule has 0 bridgehead atoms. The lowest BCUT2D eigenvalue weighted by molar-refractivity contribution is -0.117. The van der Waals surface area contributed by atoms with Gasteiger partial charge in [0.15, 0.2) is 19.3 Å². The molecule has 204 valence electrons. The van der Waals surface area contributed by atoms with Crippen LogP contribution in [-0.4, -0.2) is 47.3 Å². The van der Waals surface area contributed by atoms with E-state index in [4.69, 9.17) is 9.16 Å². The average Bonchev–Trinajstić information content (AvgIpc) is 3.54. The average molecular weight is 561 g/mol. The Hall–Kier alpha value is -2.34. The van der Waals surface area contributed by atoms with Gasteiger partial charge in [-0.25, -0.2) is 23.7 Å². The van der Waals surface area contributed by atoms with E-state index in [-0.39, 0.29) is 36.3 Å². The molecule has 2 aliphatic rings. The zero-order chi connectivity index (χ0) is 27.3. The highest BCUT2D eigenvalue weighted by Gasteiger charge is 2.51. The topological polar surface area (TPSA) is 86.2 Å². The third kappa shape index (κ3) is 6.11. The molecule has 0 aliphatic heterocycles. The van der Waals surface area contributed by atoms with Crippen LogP contribution in [0.5, 0.6) is 0 Å². The molecule has 2 atom stereocenters. The maximum atomic E-state index is 14.3. The number of carbonyl (C=O) groups excluding carboxylic acids is 1. The molecule has 1 N–H and O–H groups in total. The Bertz CT molecular complexity index is 1320. The third-order valence-corrected chi connectivity index (χ3v) is 13.1. The molecule has 3 aromatic rings. The largest absolute Gasteiger partial charge is 0.411 e. The second-order valence-corrected chi connectivity index (χ2v) is 17.7. The van der Waals surface area contributed by atoms with Gasteiger partial charge in [0.1, 0.15) is 6.61 Å². The number of benzene rings is 1. The summed E-state index contributed by atoms with van der Waals surface area (Å²) in [6.07, 6.45) is 3.27. The summed E-state index contributed by atoms with van der Waals surface area (Å²) in [4.78, 5) is 25.4. The van der Waals surface area contributed by atoms with E-state index in [1.54, 1.807) is 12.4 Å². The normalized spacial score (nSPS) is 21.7. The Morgan fingerprint density at radius 3 is 2.47 bits per heavy atom. The molecule has 2 heterocycles. The van der Waals surface area contributed by atoms with Crippen LogP contribution >= 0.6 is 11.3 Å². The predicted octanol–water partition coefficient (Wildman–Crippen LogP) is 6.81. The fraction of sp³-hybridized carbons (Fsp3) is 0.556. The minimum Gasteiger partial charge on any atom is -0.411 e. The number of hydrogen-bond donors (Lipinski definition) is 1. The lowest BCUT2D eigenvalue weighted by Crippen LogP contribution is -2.46. The monoisotopic (exact) mass is 560 g/mol. The standard InChI is InChI=1S/C27H34F2N4O3SSi/c1-26(2,3)38(4,5)36-21-12-27(28,29)11-20(21)35-15-23-30-13-18(14-31-23)17-8-9-19-22(10-17)37-25(32-19)33-24(34)16-6-7-16/h8-10,13-14,16,20-21H,6-7,11-12,15H2,1-5H3,(H,32,33,34)/t20-,21-/m1/s1. The van der Waals surface area contributed by atoms with Gasteiger partial charge in [0.2, 0.25) is 5.91 Å². The fourth-order valence-electron chi connectivity index (χ4n) is 4.24. The van der Waals surface area contributed by atoms with Crippen molar-refractivity contribution in [1.82, 2.24) is 15.0 Å². The number of ether oxygens (including phenoxy) is 1. The van der Waals surface area contributed by atoms with Crippen molar-refractivity contribution in [3.05, 3.63) is 36.4 Å². The minimum atomic E-state index is -2.81. The molecule has 0 radical (unpaired) electrons. The van der Waals surface area contributed by atoms with Gasteiger partial charge in [-0.2, -0.15) is 0 Å². The number of nitrogens with one attached hydrogen (secondary N) is 1. The van der Waals surface area contributed by atoms with E-state index in [9.17, 15) is 13.6 Å². The van der Waals surface area contributed by atoms with E-state index in [1.165, 1.54) is 11.3 Å². The highest BCUT2D eigenvalue weighted by molar-refractivity contribution is 7.22. The predicted molar refractivity (Wildman–Crippen MR) is 147 cm³/mol. The highest BCUT2D eigenvalue weighted by Crippen LogP contribution is 2.44. The van der Waals surface area contributed by atoms with E-state index < -0.39 is 26.4 Å². The molecule has 0 saturated heterocycles. The first-order valence-corrected chi connectivity index (χ1v) is 16.7. The molecular weight excluding hydrogens is 526 g/mol. The number of alkyl halides is 2. The van der Waals surface area contributed by atoms with Crippen molar-refractivity contribution < 1.29 is 22.7 Å². The van der Waals surface area contributed by atoms with Gasteiger partial charge in [-0.3, -0.25) is 4.79 Å². The number of rotatable bonds is 8. The summed E-state index contributed by atoms with van der Waals surface area (Å²) in [5, 5.41) is 3.42. The molecule has 0 spiro atoms. The summed E-state index contributed by atoms with van der Waals surface area (Å²) in [6.45, 7) is 10.5. The van der Waals surface area contributed by atoms with Crippen LogP contribution in [0.1, 0.15) is 52.3 Å². The number of carbonyl (C=O) groups is 1. The first-order chi connectivity index (χ1) is 17.8. The highest BCUT2D eigenvalue weighted by atomic mass is 32.1. The molecule has 1 amide bonds. The smallest absolute Gasteiger partial charge is 0.253 e. The van der Waals surface area contributed by atoms with Crippen LogP contribution in [0, 0.1) is 5.92 Å². The molecule has 5 rings (SSSR count). The molecule has 2 fully saturated rings. The number of nitrogens with zero attached hydrogens (tertiary/aromatic N) is 3. The first kappa shape index (κ1) is 27.2. The Morgan fingerprint density at radius 2 is 1.82 bits per heavy atom. The summed E-state index contributed by atoms with van der Waals surface area (Å²) < 4.78 is 41.8. The van der Waals surface area contributed by atoms with E-state index in [2.05, 4.69) is 54.1 Å². The third-order valence-electron chi connectivity index (χ3n) is 7.70. The van der Waals surface area contributed by atoms with Crippen LogP contribution in [0.15, 0.2) is 30.6 Å². The summed E-state index contributed by atoms with van der Waals surface area (Å²) in [6, 6.07) is 5.85. The molecule has 2 aromatic heterocycles. The van der Waals surface area contributed by atoms with E-state index in [1.807, 2.05) is 18.2 Å². The van der Waals surface area contributed by atoms with Crippen LogP contribution in [0.4, 0.5) is 13.9 Å². The van der Waals surface area contributed by atoms with Crippen LogP contribution in [0.25, 0.3) is 21.3 Å². The van der Waals surface area contributed by atoms with Crippen molar-refractivity contribution in [1.29, 1.82) is 0 Å². The number of amides is 1. The number of fused-ring (bicyclic) bond motifs is 1. The van der Waals surface area contributed by atoms with Crippen molar-refractivity contribution >= 4 is 40.9 Å². The van der Waals surface area contributed by atoms with Crippen molar-refractivity contribution in [3.63, 3.8) is 0 Å². The van der Waals surface area contributed by atoms with Crippen LogP contribution in [0.3, 0.4) is 0 Å². The van der Waals surface area contributed by atoms with Gasteiger partial charge in [0.05, 0.1) is 22.4 Å². The second kappa shape index (κ2) is 10.00. The maximum Gasteiger partial charge on any atom is 0.253 e. The van der Waals surface area contributed by atoms with Crippen LogP contribution in [0.2, 0.25) is 18.1 Å². The molecule has 11 heteroatoms. The molecule has 0 unspecified atom stereocenters. The quantitative estimate of drug-likeness (QED) is 0.305. The SMILES string of the molecule is CC(C)(C)[Si](C)(C)O[C@@H]1CC(F)(F)C[C@H]1OCc1ncc(-c2ccc3nc(NC(=O)C4CC4)sc3c2)cn1. The lowest BCUT2D eigenvalue weighted by Gasteiger charge is -2.39. The van der Waals surface area contributed by atoms with Crippen molar-refractivity contribution in [2.75, 3.05) is 5.32 Å². The Labute approximate surface area is 226 Å². The molecule has 38 heavy (non-hydrogen) atoms. The number of halogens is 2. The number of anilines is 1. The fourth-order valence-corrected chi connectivity index (χ4v) is 6.50. The van der Waals surface area contributed by atoms with E-state index in [0.717, 1.165) is 34.2 Å². The van der Waals surface area contributed by atoms with Gasteiger partial charge in [-0.05, 0) is 48.7 Å². The summed E-state index contributed by atoms with van der Waals surface area (Å²) >= 11 is 1.44. The van der Waals surface area contributed by atoms with Crippen molar-refractivity contribution in [3.8, 4) is 11.1 Å². The van der Waals surface area contributed by atoms with Gasteiger partial charge in [0.25, 0.3) is 5.92 Å². The van der Waals surface area contributed by atoms with Crippen molar-refractivity contribution in [2.45, 2.75) is 89.3 Å².